The maximum atomic E-state index is 12.6. The van der Waals surface area contributed by atoms with Crippen molar-refractivity contribution in [1.29, 1.82) is 0 Å². The Kier molecular flexibility index (Phi) is 34.6. The van der Waals surface area contributed by atoms with Gasteiger partial charge in [-0.25, -0.2) is 4.57 Å². The van der Waals surface area contributed by atoms with Gasteiger partial charge in [0.2, 0.25) is 0 Å². The summed E-state index contributed by atoms with van der Waals surface area (Å²) in [4.78, 5) is 45.8. The van der Waals surface area contributed by atoms with Crippen LogP contribution in [0.5, 0.6) is 0 Å². The molecule has 0 aliphatic heterocycles. The maximum absolute atomic E-state index is 12.6. The number of carbonyl (C=O) groups is 3. The molecule has 0 spiro atoms. The molecule has 0 aliphatic carbocycles. The first-order valence-electron chi connectivity index (χ1n) is 20.4. The number of rotatable bonds is 38. The van der Waals surface area contributed by atoms with E-state index in [-0.39, 0.29) is 19.4 Å². The van der Waals surface area contributed by atoms with Crippen LogP contribution in [0.1, 0.15) is 181 Å². The first-order chi connectivity index (χ1) is 25.1. The third-order valence-electron chi connectivity index (χ3n) is 8.67. The van der Waals surface area contributed by atoms with Gasteiger partial charge in [0, 0.05) is 12.8 Å². The molecule has 3 atom stereocenters. The van der Waals surface area contributed by atoms with E-state index in [1.165, 1.54) is 64.2 Å². The molecule has 0 radical (unpaired) electrons. The van der Waals surface area contributed by atoms with Crippen molar-refractivity contribution in [3.05, 3.63) is 24.3 Å². The van der Waals surface area contributed by atoms with E-state index in [9.17, 15) is 23.8 Å². The Balaban J connectivity index is 4.43. The summed E-state index contributed by atoms with van der Waals surface area (Å²) in [6.45, 7) is 2.76. The van der Waals surface area contributed by atoms with E-state index < -0.39 is 51.1 Å². The number of allylic oxidation sites excluding steroid dienone is 4. The molecule has 11 nitrogen and oxygen atoms in total. The Labute approximate surface area is 315 Å². The lowest BCUT2D eigenvalue weighted by atomic mass is 10.1. The van der Waals surface area contributed by atoms with Crippen molar-refractivity contribution in [2.75, 3.05) is 19.8 Å². The number of nitrogens with two attached hydrogens (primary N) is 1. The molecular weight excluding hydrogens is 685 g/mol. The smallest absolute Gasteiger partial charge is 0.472 e. The predicted molar refractivity (Wildman–Crippen MR) is 208 cm³/mol. The van der Waals surface area contributed by atoms with Gasteiger partial charge in [-0.2, -0.15) is 0 Å². The lowest BCUT2D eigenvalue weighted by Crippen LogP contribution is -2.34. The van der Waals surface area contributed by atoms with Crippen molar-refractivity contribution in [1.82, 2.24) is 0 Å². The van der Waals surface area contributed by atoms with Crippen molar-refractivity contribution in [2.45, 2.75) is 193 Å². The molecule has 0 aromatic rings. The monoisotopic (exact) mass is 760 g/mol. The molecule has 52 heavy (non-hydrogen) atoms. The van der Waals surface area contributed by atoms with Crippen LogP contribution in [0.4, 0.5) is 0 Å². The van der Waals surface area contributed by atoms with E-state index in [1.54, 1.807) is 0 Å². The van der Waals surface area contributed by atoms with E-state index in [2.05, 4.69) is 42.7 Å². The van der Waals surface area contributed by atoms with E-state index in [0.29, 0.717) is 12.8 Å². The number of hydrogen-bond donors (Lipinski definition) is 3. The molecule has 304 valence electrons. The number of carboxylic acid groups (broad SMARTS) is 1. The Bertz CT molecular complexity index is 989. The topological polar surface area (TPSA) is 172 Å². The zero-order chi connectivity index (χ0) is 38.5. The number of ether oxygens (including phenoxy) is 2. The summed E-state index contributed by atoms with van der Waals surface area (Å²) in [7, 11) is -4.71. The second kappa shape index (κ2) is 36.0. The first-order valence-corrected chi connectivity index (χ1v) is 21.9. The standard InChI is InChI=1S/C40H74NO10P/c1-3-5-7-9-11-13-15-17-18-20-22-24-26-28-30-32-39(43)51-36(34-49-52(46,47)50-35-37(41)40(44)45)33-48-38(42)31-29-27-25-23-21-19-16-14-12-10-8-6-4-2/h14,16-18,36-37H,3-13,15,19-35,41H2,1-2H3,(H,44,45)(H,46,47)/t36-,37+/m1/s1. The average Bonchev–Trinajstić information content (AvgIpc) is 3.12. The van der Waals surface area contributed by atoms with Gasteiger partial charge in [0.15, 0.2) is 6.10 Å². The van der Waals surface area contributed by atoms with Gasteiger partial charge in [0.25, 0.3) is 0 Å². The number of hydrogen-bond acceptors (Lipinski definition) is 9. The van der Waals surface area contributed by atoms with Crippen LogP contribution in [0, 0.1) is 0 Å². The molecule has 12 heteroatoms. The summed E-state index contributed by atoms with van der Waals surface area (Å²) < 4.78 is 32.6. The molecule has 0 aliphatic rings. The second-order valence-electron chi connectivity index (χ2n) is 13.8. The highest BCUT2D eigenvalue weighted by Gasteiger charge is 2.28. The molecule has 0 amide bonds. The predicted octanol–water partition coefficient (Wildman–Crippen LogP) is 10.3. The van der Waals surface area contributed by atoms with E-state index in [0.717, 1.165) is 77.0 Å². The number of unbranched alkanes of at least 4 members (excludes halogenated alkanes) is 20. The van der Waals surface area contributed by atoms with Crippen molar-refractivity contribution in [2.24, 2.45) is 5.73 Å². The Morgan fingerprint density at radius 2 is 0.962 bits per heavy atom. The van der Waals surface area contributed by atoms with Crippen LogP contribution in [-0.2, 0) is 37.5 Å². The van der Waals surface area contributed by atoms with E-state index in [1.807, 2.05) is 0 Å². The minimum atomic E-state index is -4.71. The summed E-state index contributed by atoms with van der Waals surface area (Å²) in [5.41, 5.74) is 5.32. The number of phosphoric acid groups is 1. The summed E-state index contributed by atoms with van der Waals surface area (Å²) in [6.07, 6.45) is 35.3. The zero-order valence-corrected chi connectivity index (χ0v) is 33.5. The average molecular weight is 760 g/mol. The Morgan fingerprint density at radius 3 is 1.42 bits per heavy atom. The highest BCUT2D eigenvalue weighted by molar-refractivity contribution is 7.47. The molecule has 0 saturated carbocycles. The quantitative estimate of drug-likeness (QED) is 0.0237. The van der Waals surface area contributed by atoms with Crippen LogP contribution in [0.2, 0.25) is 0 Å². The highest BCUT2D eigenvalue weighted by Crippen LogP contribution is 2.43. The fourth-order valence-corrected chi connectivity index (χ4v) is 6.18. The van der Waals surface area contributed by atoms with Crippen LogP contribution < -0.4 is 5.73 Å². The van der Waals surface area contributed by atoms with Gasteiger partial charge >= 0.3 is 25.7 Å². The van der Waals surface area contributed by atoms with Gasteiger partial charge in [0.05, 0.1) is 13.2 Å². The minimum absolute atomic E-state index is 0.151. The van der Waals surface area contributed by atoms with Crippen molar-refractivity contribution in [3.63, 3.8) is 0 Å². The first kappa shape index (κ1) is 50.0. The molecule has 0 aromatic carbocycles. The van der Waals surface area contributed by atoms with E-state index in [4.69, 9.17) is 24.8 Å². The summed E-state index contributed by atoms with van der Waals surface area (Å²) >= 11 is 0. The van der Waals surface area contributed by atoms with Crippen LogP contribution >= 0.6 is 7.82 Å². The molecule has 1 unspecified atom stereocenters. The van der Waals surface area contributed by atoms with Crippen LogP contribution in [0.3, 0.4) is 0 Å². The lowest BCUT2D eigenvalue weighted by Gasteiger charge is -2.20. The molecule has 0 heterocycles. The summed E-state index contributed by atoms with van der Waals surface area (Å²) in [5.74, 6) is -2.40. The molecule has 0 fully saturated rings. The Morgan fingerprint density at radius 1 is 0.577 bits per heavy atom. The molecular formula is C40H74NO10P. The Hall–Kier alpha value is -2.04. The number of aliphatic carboxylic acids is 1. The maximum Gasteiger partial charge on any atom is 0.472 e. The number of carbonyl (C=O) groups excluding carboxylic acids is 2. The summed E-state index contributed by atoms with van der Waals surface area (Å²) in [6, 6.07) is -1.52. The van der Waals surface area contributed by atoms with E-state index >= 15 is 0 Å². The minimum Gasteiger partial charge on any atom is -0.480 e. The normalized spacial score (nSPS) is 14.1. The summed E-state index contributed by atoms with van der Waals surface area (Å²) in [5, 5.41) is 8.87. The van der Waals surface area contributed by atoms with Gasteiger partial charge in [-0.05, 0) is 64.2 Å². The fraction of sp³-hybridized carbons (Fsp3) is 0.825. The molecule has 0 rings (SSSR count). The van der Waals surface area contributed by atoms with Crippen molar-refractivity contribution < 1.29 is 47.5 Å². The zero-order valence-electron chi connectivity index (χ0n) is 32.7. The fourth-order valence-electron chi connectivity index (χ4n) is 5.41. The number of esters is 2. The number of carboxylic acids is 1. The van der Waals surface area contributed by atoms with Gasteiger partial charge < -0.3 is 25.2 Å². The molecule has 0 bridgehead atoms. The SMILES string of the molecule is CCCCCCC=CCCCCCCCC(=O)OC[C@H](COP(=O)(O)OC[C@H](N)C(=O)O)OC(=O)CCCCCCCC=CCCCCCCCC. The van der Waals surface area contributed by atoms with Crippen molar-refractivity contribution >= 4 is 25.7 Å². The van der Waals surface area contributed by atoms with Crippen molar-refractivity contribution in [3.8, 4) is 0 Å². The van der Waals surface area contributed by atoms with Gasteiger partial charge in [-0.1, -0.05) is 128 Å². The molecule has 0 aromatic heterocycles. The largest absolute Gasteiger partial charge is 0.480 e. The second-order valence-corrected chi connectivity index (χ2v) is 15.2. The van der Waals surface area contributed by atoms with Gasteiger partial charge in [-0.3, -0.25) is 23.4 Å². The van der Waals surface area contributed by atoms with Crippen LogP contribution in [0.25, 0.3) is 0 Å². The third-order valence-corrected chi connectivity index (χ3v) is 9.62. The molecule has 0 saturated heterocycles. The third kappa shape index (κ3) is 35.0. The lowest BCUT2D eigenvalue weighted by molar-refractivity contribution is -0.161. The van der Waals surface area contributed by atoms with Crippen LogP contribution in [0.15, 0.2) is 24.3 Å². The number of phosphoric ester groups is 1. The van der Waals surface area contributed by atoms with Gasteiger partial charge in [-0.15, -0.1) is 0 Å². The van der Waals surface area contributed by atoms with Crippen LogP contribution in [-0.4, -0.2) is 59.9 Å². The highest BCUT2D eigenvalue weighted by atomic mass is 31.2. The molecule has 4 N–H and O–H groups in total. The van der Waals surface area contributed by atoms with Gasteiger partial charge in [0.1, 0.15) is 12.6 Å².